The molecule has 0 spiro atoms. The molecular weight excluding hydrogens is 298 g/mol. The number of benzene rings is 1. The molecule has 124 valence electrons. The summed E-state index contributed by atoms with van der Waals surface area (Å²) in [5.41, 5.74) is 0.790. The number of nitrogens with one attached hydrogen (secondary N) is 2. The Kier molecular flexibility index (Phi) is 5.67. The number of nitro benzene ring substituents is 1. The number of hydrogen-bond acceptors (Lipinski definition) is 4. The molecule has 0 unspecified atom stereocenters. The van der Waals surface area contributed by atoms with Crippen LogP contribution in [0.15, 0.2) is 18.2 Å². The zero-order valence-electron chi connectivity index (χ0n) is 13.1. The lowest BCUT2D eigenvalue weighted by molar-refractivity contribution is -0.384. The number of rotatable bonds is 6. The Bertz CT molecular complexity index is 609. The van der Waals surface area contributed by atoms with Crippen molar-refractivity contribution in [2.45, 2.75) is 45.1 Å². The predicted molar refractivity (Wildman–Crippen MR) is 85.2 cm³/mol. The number of carbonyl (C=O) groups is 2. The van der Waals surface area contributed by atoms with Gasteiger partial charge in [-0.1, -0.05) is 18.9 Å². The first-order chi connectivity index (χ1) is 11.0. The van der Waals surface area contributed by atoms with Gasteiger partial charge in [0.15, 0.2) is 0 Å². The molecule has 1 aromatic carbocycles. The highest BCUT2D eigenvalue weighted by Crippen LogP contribution is 2.18. The van der Waals surface area contributed by atoms with E-state index in [0.717, 1.165) is 25.7 Å². The molecule has 1 aliphatic rings. The maximum absolute atomic E-state index is 12.1. The van der Waals surface area contributed by atoms with Gasteiger partial charge in [0.1, 0.15) is 0 Å². The van der Waals surface area contributed by atoms with Crippen molar-refractivity contribution in [1.29, 1.82) is 0 Å². The van der Waals surface area contributed by atoms with E-state index in [9.17, 15) is 19.7 Å². The summed E-state index contributed by atoms with van der Waals surface area (Å²) >= 11 is 0. The second-order valence-corrected chi connectivity index (χ2v) is 5.81. The van der Waals surface area contributed by atoms with Crippen molar-refractivity contribution in [2.75, 3.05) is 6.54 Å². The van der Waals surface area contributed by atoms with E-state index in [1.54, 1.807) is 13.0 Å². The van der Waals surface area contributed by atoms with Crippen LogP contribution in [0, 0.1) is 17.0 Å². The standard InChI is InChI=1S/C16H21N3O4/c1-11-6-7-13(19(22)23)10-14(11)16(21)17-9-8-15(20)18-12-4-2-3-5-12/h6-7,10,12H,2-5,8-9H2,1H3,(H,17,21)(H,18,20). The zero-order chi connectivity index (χ0) is 16.8. The summed E-state index contributed by atoms with van der Waals surface area (Å²) in [5, 5.41) is 16.4. The second kappa shape index (κ2) is 7.71. The zero-order valence-corrected chi connectivity index (χ0v) is 13.1. The largest absolute Gasteiger partial charge is 0.353 e. The highest BCUT2D eigenvalue weighted by molar-refractivity contribution is 5.96. The van der Waals surface area contributed by atoms with Gasteiger partial charge in [0.2, 0.25) is 5.91 Å². The number of aryl methyl sites for hydroxylation is 1. The molecule has 0 aromatic heterocycles. The number of nitrogens with zero attached hydrogens (tertiary/aromatic N) is 1. The van der Waals surface area contributed by atoms with Gasteiger partial charge in [0.05, 0.1) is 4.92 Å². The fourth-order valence-corrected chi connectivity index (χ4v) is 2.72. The minimum Gasteiger partial charge on any atom is -0.353 e. The van der Waals surface area contributed by atoms with Crippen LogP contribution in [0.25, 0.3) is 0 Å². The van der Waals surface area contributed by atoms with Gasteiger partial charge in [-0.3, -0.25) is 19.7 Å². The maximum Gasteiger partial charge on any atom is 0.270 e. The molecule has 1 saturated carbocycles. The van der Waals surface area contributed by atoms with E-state index in [4.69, 9.17) is 0 Å². The Hall–Kier alpha value is -2.44. The topological polar surface area (TPSA) is 101 Å². The maximum atomic E-state index is 12.1. The summed E-state index contributed by atoms with van der Waals surface area (Å²) in [6.45, 7) is 1.92. The molecule has 2 N–H and O–H groups in total. The van der Waals surface area contributed by atoms with Gasteiger partial charge in [-0.15, -0.1) is 0 Å². The molecule has 0 radical (unpaired) electrons. The van der Waals surface area contributed by atoms with Gasteiger partial charge < -0.3 is 10.6 Å². The van der Waals surface area contributed by atoms with Gasteiger partial charge in [-0.2, -0.15) is 0 Å². The number of carbonyl (C=O) groups excluding carboxylic acids is 2. The van der Waals surface area contributed by atoms with Crippen LogP contribution in [0.4, 0.5) is 5.69 Å². The van der Waals surface area contributed by atoms with Crippen LogP contribution in [0.5, 0.6) is 0 Å². The van der Waals surface area contributed by atoms with Crippen molar-refractivity contribution in [3.8, 4) is 0 Å². The number of hydrogen-bond donors (Lipinski definition) is 2. The number of amides is 2. The van der Waals surface area contributed by atoms with E-state index in [2.05, 4.69) is 10.6 Å². The minimum atomic E-state index is -0.536. The summed E-state index contributed by atoms with van der Waals surface area (Å²) in [6.07, 6.45) is 4.54. The van der Waals surface area contributed by atoms with Crippen LogP contribution in [0.3, 0.4) is 0 Å². The summed E-state index contributed by atoms with van der Waals surface area (Å²) in [4.78, 5) is 34.1. The summed E-state index contributed by atoms with van der Waals surface area (Å²) < 4.78 is 0. The van der Waals surface area contributed by atoms with Crippen LogP contribution in [-0.4, -0.2) is 29.3 Å². The number of nitro groups is 1. The third-order valence-electron chi connectivity index (χ3n) is 4.03. The van der Waals surface area contributed by atoms with Crippen LogP contribution < -0.4 is 10.6 Å². The Morgan fingerprint density at radius 1 is 1.30 bits per heavy atom. The van der Waals surface area contributed by atoms with Gasteiger partial charge in [0.25, 0.3) is 11.6 Å². The highest BCUT2D eigenvalue weighted by Gasteiger charge is 2.18. The Morgan fingerprint density at radius 2 is 2.00 bits per heavy atom. The fourth-order valence-electron chi connectivity index (χ4n) is 2.72. The second-order valence-electron chi connectivity index (χ2n) is 5.81. The molecular formula is C16H21N3O4. The van der Waals surface area contributed by atoms with Crippen LogP contribution in [0.2, 0.25) is 0 Å². The van der Waals surface area contributed by atoms with E-state index >= 15 is 0 Å². The molecule has 23 heavy (non-hydrogen) atoms. The van der Waals surface area contributed by atoms with Crippen molar-refractivity contribution in [3.05, 3.63) is 39.4 Å². The quantitative estimate of drug-likeness (QED) is 0.619. The lowest BCUT2D eigenvalue weighted by Crippen LogP contribution is -2.35. The minimum absolute atomic E-state index is 0.0760. The molecule has 2 amide bonds. The lowest BCUT2D eigenvalue weighted by atomic mass is 10.1. The van der Waals surface area contributed by atoms with Crippen molar-refractivity contribution in [1.82, 2.24) is 10.6 Å². The molecule has 1 fully saturated rings. The van der Waals surface area contributed by atoms with Gasteiger partial charge >= 0.3 is 0 Å². The molecule has 0 bridgehead atoms. The van der Waals surface area contributed by atoms with E-state index in [1.807, 2.05) is 0 Å². The Morgan fingerprint density at radius 3 is 2.65 bits per heavy atom. The van der Waals surface area contributed by atoms with E-state index in [-0.39, 0.29) is 36.2 Å². The van der Waals surface area contributed by atoms with E-state index in [0.29, 0.717) is 5.56 Å². The highest BCUT2D eigenvalue weighted by atomic mass is 16.6. The van der Waals surface area contributed by atoms with Gasteiger partial charge in [0, 0.05) is 36.7 Å². The first-order valence-corrected chi connectivity index (χ1v) is 7.80. The third kappa shape index (κ3) is 4.77. The third-order valence-corrected chi connectivity index (χ3v) is 4.03. The summed E-state index contributed by atoms with van der Waals surface area (Å²) in [7, 11) is 0. The summed E-state index contributed by atoms with van der Waals surface area (Å²) in [5.74, 6) is -0.479. The average molecular weight is 319 g/mol. The van der Waals surface area contributed by atoms with Crippen molar-refractivity contribution >= 4 is 17.5 Å². The van der Waals surface area contributed by atoms with Crippen LogP contribution in [-0.2, 0) is 4.79 Å². The molecule has 0 heterocycles. The van der Waals surface area contributed by atoms with E-state index < -0.39 is 10.8 Å². The molecule has 2 rings (SSSR count). The fraction of sp³-hybridized carbons (Fsp3) is 0.500. The first kappa shape index (κ1) is 16.9. The average Bonchev–Trinajstić information content (AvgIpc) is 3.00. The molecule has 1 aromatic rings. The van der Waals surface area contributed by atoms with Gasteiger partial charge in [-0.05, 0) is 25.3 Å². The first-order valence-electron chi connectivity index (χ1n) is 7.80. The molecule has 0 atom stereocenters. The monoisotopic (exact) mass is 319 g/mol. The molecule has 1 aliphatic carbocycles. The van der Waals surface area contributed by atoms with E-state index in [1.165, 1.54) is 12.1 Å². The van der Waals surface area contributed by atoms with Crippen molar-refractivity contribution in [2.24, 2.45) is 0 Å². The number of non-ortho nitro benzene ring substituents is 1. The molecule has 7 nitrogen and oxygen atoms in total. The molecule has 0 aliphatic heterocycles. The summed E-state index contributed by atoms with van der Waals surface area (Å²) in [6, 6.07) is 4.42. The van der Waals surface area contributed by atoms with Gasteiger partial charge in [-0.25, -0.2) is 0 Å². The molecule has 0 saturated heterocycles. The van der Waals surface area contributed by atoms with Crippen LogP contribution in [0.1, 0.15) is 48.0 Å². The smallest absolute Gasteiger partial charge is 0.270 e. The SMILES string of the molecule is Cc1ccc([N+](=O)[O-])cc1C(=O)NCCC(=O)NC1CCCC1. The predicted octanol–water partition coefficient (Wildman–Crippen LogP) is 2.08. The van der Waals surface area contributed by atoms with Crippen molar-refractivity contribution < 1.29 is 14.5 Å². The van der Waals surface area contributed by atoms with Crippen LogP contribution >= 0.6 is 0 Å². The molecule has 7 heteroatoms. The normalized spacial score (nSPS) is 14.5. The lowest BCUT2D eigenvalue weighted by Gasteiger charge is -2.12. The Labute approximate surface area is 134 Å². The van der Waals surface area contributed by atoms with Crippen molar-refractivity contribution in [3.63, 3.8) is 0 Å². The Balaban J connectivity index is 1.83.